The van der Waals surface area contributed by atoms with Gasteiger partial charge in [0, 0.05) is 6.54 Å². The van der Waals surface area contributed by atoms with Crippen molar-refractivity contribution in [1.82, 2.24) is 10.6 Å². The van der Waals surface area contributed by atoms with Gasteiger partial charge in [0.05, 0.1) is 12.7 Å². The number of amides is 2. The molecule has 0 heterocycles. The van der Waals surface area contributed by atoms with Crippen LogP contribution in [0.1, 0.15) is 46.5 Å². The fraction of sp³-hybridized carbons (Fsp3) is 0.857. The van der Waals surface area contributed by atoms with Gasteiger partial charge in [-0.2, -0.15) is 0 Å². The van der Waals surface area contributed by atoms with Crippen LogP contribution in [0.15, 0.2) is 0 Å². The number of rotatable bonds is 6. The molecule has 6 heteroatoms. The quantitative estimate of drug-likeness (QED) is 0.649. The van der Waals surface area contributed by atoms with Gasteiger partial charge >= 0.3 is 12.0 Å². The normalized spacial score (nSPS) is 26.3. The van der Waals surface area contributed by atoms with Gasteiger partial charge in [0.15, 0.2) is 0 Å². The van der Waals surface area contributed by atoms with Gasteiger partial charge in [-0.15, -0.1) is 0 Å². The molecule has 3 N–H and O–H groups in total. The van der Waals surface area contributed by atoms with E-state index in [9.17, 15) is 14.7 Å². The molecule has 2 amide bonds. The SMILES string of the molecule is CC(C)OCCNC(=O)NC1(C(=O)O)CCCCC1C. The predicted molar refractivity (Wildman–Crippen MR) is 75.6 cm³/mol. The summed E-state index contributed by atoms with van der Waals surface area (Å²) in [5, 5.41) is 14.8. The Hall–Kier alpha value is -1.30. The smallest absolute Gasteiger partial charge is 0.329 e. The van der Waals surface area contributed by atoms with Crippen LogP contribution in [0.3, 0.4) is 0 Å². The Bertz CT molecular complexity index is 346. The van der Waals surface area contributed by atoms with Crippen LogP contribution >= 0.6 is 0 Å². The Labute approximate surface area is 120 Å². The molecule has 0 spiro atoms. The summed E-state index contributed by atoms with van der Waals surface area (Å²) in [7, 11) is 0. The third kappa shape index (κ3) is 4.37. The van der Waals surface area contributed by atoms with E-state index in [0.717, 1.165) is 19.3 Å². The number of hydrogen-bond donors (Lipinski definition) is 3. The number of carbonyl (C=O) groups is 2. The number of urea groups is 1. The van der Waals surface area contributed by atoms with Crippen molar-refractivity contribution in [3.05, 3.63) is 0 Å². The summed E-state index contributed by atoms with van der Waals surface area (Å²) in [5.74, 6) is -1.01. The first-order chi connectivity index (χ1) is 9.38. The highest BCUT2D eigenvalue weighted by molar-refractivity contribution is 5.86. The van der Waals surface area contributed by atoms with E-state index < -0.39 is 17.5 Å². The lowest BCUT2D eigenvalue weighted by atomic mass is 9.73. The number of carboxylic acids is 1. The predicted octanol–water partition coefficient (Wildman–Crippen LogP) is 1.74. The van der Waals surface area contributed by atoms with Crippen LogP contribution in [0.2, 0.25) is 0 Å². The number of aliphatic carboxylic acids is 1. The maximum atomic E-state index is 11.9. The highest BCUT2D eigenvalue weighted by Gasteiger charge is 2.46. The molecule has 2 unspecified atom stereocenters. The van der Waals surface area contributed by atoms with Crippen molar-refractivity contribution in [1.29, 1.82) is 0 Å². The second-order valence-corrected chi connectivity index (χ2v) is 5.72. The topological polar surface area (TPSA) is 87.7 Å². The van der Waals surface area contributed by atoms with Crippen LogP contribution in [0, 0.1) is 5.92 Å². The molecule has 0 saturated heterocycles. The van der Waals surface area contributed by atoms with Crippen molar-refractivity contribution in [2.75, 3.05) is 13.2 Å². The van der Waals surface area contributed by atoms with Crippen LogP contribution in [-0.4, -0.2) is 41.9 Å². The van der Waals surface area contributed by atoms with E-state index in [4.69, 9.17) is 4.74 Å². The van der Waals surface area contributed by atoms with Crippen LogP contribution in [0.5, 0.6) is 0 Å². The van der Waals surface area contributed by atoms with E-state index in [2.05, 4.69) is 10.6 Å². The number of carboxylic acid groups (broad SMARTS) is 1. The van der Waals surface area contributed by atoms with Crippen molar-refractivity contribution in [3.63, 3.8) is 0 Å². The van der Waals surface area contributed by atoms with Crippen molar-refractivity contribution in [2.45, 2.75) is 58.1 Å². The van der Waals surface area contributed by atoms with E-state index in [1.165, 1.54) is 0 Å². The Balaban J connectivity index is 2.49. The summed E-state index contributed by atoms with van der Waals surface area (Å²) < 4.78 is 5.32. The van der Waals surface area contributed by atoms with Gasteiger partial charge in [0.25, 0.3) is 0 Å². The van der Waals surface area contributed by atoms with E-state index >= 15 is 0 Å². The molecule has 0 aliphatic heterocycles. The van der Waals surface area contributed by atoms with Crippen LogP contribution in [-0.2, 0) is 9.53 Å². The first kappa shape index (κ1) is 16.8. The molecule has 6 nitrogen and oxygen atoms in total. The van der Waals surface area contributed by atoms with Gasteiger partial charge in [-0.05, 0) is 32.6 Å². The molecule has 1 saturated carbocycles. The lowest BCUT2D eigenvalue weighted by Gasteiger charge is -2.39. The summed E-state index contributed by atoms with van der Waals surface area (Å²) in [6, 6.07) is -0.437. The fourth-order valence-corrected chi connectivity index (χ4v) is 2.61. The molecule has 0 aromatic rings. The Morgan fingerprint density at radius 3 is 2.65 bits per heavy atom. The molecular formula is C14H26N2O4. The summed E-state index contributed by atoms with van der Waals surface area (Å²) in [5.41, 5.74) is -1.14. The molecule has 1 fully saturated rings. The Kier molecular flexibility index (Phi) is 6.26. The van der Waals surface area contributed by atoms with Crippen LogP contribution in [0.25, 0.3) is 0 Å². The number of carbonyl (C=O) groups excluding carboxylic acids is 1. The number of nitrogens with one attached hydrogen (secondary N) is 2. The van der Waals surface area contributed by atoms with E-state index in [1.54, 1.807) is 0 Å². The van der Waals surface area contributed by atoms with Gasteiger partial charge in [0.1, 0.15) is 5.54 Å². The molecule has 0 aromatic carbocycles. The minimum atomic E-state index is -1.14. The molecule has 1 aliphatic rings. The Morgan fingerprint density at radius 2 is 2.10 bits per heavy atom. The minimum Gasteiger partial charge on any atom is -0.479 e. The average Bonchev–Trinajstić information content (AvgIpc) is 2.37. The molecular weight excluding hydrogens is 260 g/mol. The Morgan fingerprint density at radius 1 is 1.40 bits per heavy atom. The zero-order valence-electron chi connectivity index (χ0n) is 12.6. The third-order valence-corrected chi connectivity index (χ3v) is 3.86. The molecule has 0 radical (unpaired) electrons. The molecule has 1 rings (SSSR count). The van der Waals surface area contributed by atoms with Crippen LogP contribution in [0.4, 0.5) is 4.79 Å². The van der Waals surface area contributed by atoms with Gasteiger partial charge in [0.2, 0.25) is 0 Å². The van der Waals surface area contributed by atoms with Gasteiger partial charge in [-0.1, -0.05) is 19.8 Å². The van der Waals surface area contributed by atoms with Crippen molar-refractivity contribution in [2.24, 2.45) is 5.92 Å². The minimum absolute atomic E-state index is 0.0635. The van der Waals surface area contributed by atoms with Crippen molar-refractivity contribution < 1.29 is 19.4 Å². The molecule has 116 valence electrons. The standard InChI is InChI=1S/C14H26N2O4/c1-10(2)20-9-8-15-13(19)16-14(12(17)18)7-5-4-6-11(14)3/h10-11H,4-9H2,1-3H3,(H,17,18)(H2,15,16,19). The molecule has 20 heavy (non-hydrogen) atoms. The molecule has 0 bridgehead atoms. The number of ether oxygens (including phenoxy) is 1. The zero-order valence-corrected chi connectivity index (χ0v) is 12.6. The van der Waals surface area contributed by atoms with E-state index in [0.29, 0.717) is 19.6 Å². The number of hydrogen-bond acceptors (Lipinski definition) is 3. The highest BCUT2D eigenvalue weighted by atomic mass is 16.5. The monoisotopic (exact) mass is 286 g/mol. The molecule has 0 aromatic heterocycles. The van der Waals surface area contributed by atoms with Crippen molar-refractivity contribution >= 4 is 12.0 Å². The second kappa shape index (κ2) is 7.47. The summed E-state index contributed by atoms with van der Waals surface area (Å²) >= 11 is 0. The van der Waals surface area contributed by atoms with Gasteiger partial charge < -0.3 is 20.5 Å². The van der Waals surface area contributed by atoms with Gasteiger partial charge in [-0.3, -0.25) is 0 Å². The molecule has 1 aliphatic carbocycles. The first-order valence-electron chi connectivity index (χ1n) is 7.29. The van der Waals surface area contributed by atoms with Crippen LogP contribution < -0.4 is 10.6 Å². The van der Waals surface area contributed by atoms with Gasteiger partial charge in [-0.25, -0.2) is 9.59 Å². The fourth-order valence-electron chi connectivity index (χ4n) is 2.61. The highest BCUT2D eigenvalue weighted by Crippen LogP contribution is 2.33. The summed E-state index contributed by atoms with van der Waals surface area (Å²) in [6.07, 6.45) is 3.26. The zero-order chi connectivity index (χ0) is 15.2. The first-order valence-corrected chi connectivity index (χ1v) is 7.29. The maximum Gasteiger partial charge on any atom is 0.329 e. The summed E-state index contributed by atoms with van der Waals surface area (Å²) in [6.45, 7) is 6.51. The lowest BCUT2D eigenvalue weighted by Crippen LogP contribution is -2.62. The molecule has 2 atom stereocenters. The summed E-state index contributed by atoms with van der Waals surface area (Å²) in [4.78, 5) is 23.4. The second-order valence-electron chi connectivity index (χ2n) is 5.72. The maximum absolute atomic E-state index is 11.9. The largest absolute Gasteiger partial charge is 0.479 e. The third-order valence-electron chi connectivity index (χ3n) is 3.86. The average molecular weight is 286 g/mol. The van der Waals surface area contributed by atoms with E-state index in [1.807, 2.05) is 20.8 Å². The van der Waals surface area contributed by atoms with E-state index in [-0.39, 0.29) is 12.0 Å². The lowest BCUT2D eigenvalue weighted by molar-refractivity contribution is -0.148. The van der Waals surface area contributed by atoms with Crippen molar-refractivity contribution in [3.8, 4) is 0 Å².